The number of hydrogen-bond acceptors (Lipinski definition) is 1. The first-order chi connectivity index (χ1) is 5.85. The topological polar surface area (TPSA) is 20.2 Å². The Bertz CT molecular complexity index is 81.1. The Morgan fingerprint density at radius 1 is 1.00 bits per heavy atom. The summed E-state index contributed by atoms with van der Waals surface area (Å²) in [4.78, 5) is 0. The minimum absolute atomic E-state index is 0.367. The third kappa shape index (κ3) is 6.66. The van der Waals surface area contributed by atoms with Crippen molar-refractivity contribution in [3.05, 3.63) is 0 Å². The first-order valence-corrected chi connectivity index (χ1v) is 5.46. The summed E-state index contributed by atoms with van der Waals surface area (Å²) in [5.41, 5.74) is 0. The molecule has 74 valence electrons. The molecule has 1 heteroatoms. The Morgan fingerprint density at radius 2 is 1.75 bits per heavy atom. The molecule has 0 saturated heterocycles. The summed E-state index contributed by atoms with van der Waals surface area (Å²) >= 11 is 0. The van der Waals surface area contributed by atoms with Gasteiger partial charge in [-0.2, -0.15) is 0 Å². The number of rotatable bonds is 8. The van der Waals surface area contributed by atoms with Gasteiger partial charge in [-0.1, -0.05) is 52.4 Å². The van der Waals surface area contributed by atoms with Crippen LogP contribution in [0.15, 0.2) is 0 Å². The molecule has 0 unspecified atom stereocenters. The van der Waals surface area contributed by atoms with Crippen molar-refractivity contribution in [1.82, 2.24) is 0 Å². The van der Waals surface area contributed by atoms with Gasteiger partial charge in [0, 0.05) is 6.61 Å². The van der Waals surface area contributed by atoms with Gasteiger partial charge in [-0.3, -0.25) is 0 Å². The molecule has 1 atom stereocenters. The highest BCUT2D eigenvalue weighted by atomic mass is 16.3. The molecule has 0 aromatic heterocycles. The van der Waals surface area contributed by atoms with Crippen molar-refractivity contribution in [2.45, 2.75) is 58.8 Å². The number of hydrogen-bond donors (Lipinski definition) is 1. The SMILES string of the molecule is CCCCCC[C@@H](CC)CCO. The van der Waals surface area contributed by atoms with Gasteiger partial charge in [0.15, 0.2) is 0 Å². The lowest BCUT2D eigenvalue weighted by atomic mass is 9.95. The monoisotopic (exact) mass is 172 g/mol. The highest BCUT2D eigenvalue weighted by Gasteiger charge is 2.04. The second kappa shape index (κ2) is 9.05. The summed E-state index contributed by atoms with van der Waals surface area (Å²) in [6.45, 7) is 4.83. The van der Waals surface area contributed by atoms with Crippen LogP contribution in [0.4, 0.5) is 0 Å². The summed E-state index contributed by atoms with van der Waals surface area (Å²) in [6.07, 6.45) is 8.96. The number of aliphatic hydroxyl groups is 1. The molecule has 0 spiro atoms. The van der Waals surface area contributed by atoms with Crippen LogP contribution in [-0.4, -0.2) is 11.7 Å². The third-order valence-electron chi connectivity index (χ3n) is 2.58. The van der Waals surface area contributed by atoms with Crippen LogP contribution in [0.5, 0.6) is 0 Å². The minimum Gasteiger partial charge on any atom is -0.396 e. The average molecular weight is 172 g/mol. The molecule has 0 rings (SSSR count). The molecule has 12 heavy (non-hydrogen) atoms. The second-order valence-corrected chi connectivity index (χ2v) is 3.64. The van der Waals surface area contributed by atoms with Gasteiger partial charge in [-0.25, -0.2) is 0 Å². The van der Waals surface area contributed by atoms with Gasteiger partial charge in [-0.15, -0.1) is 0 Å². The average Bonchev–Trinajstić information content (AvgIpc) is 2.10. The summed E-state index contributed by atoms with van der Waals surface area (Å²) in [6, 6.07) is 0. The predicted octanol–water partition coefficient (Wildman–Crippen LogP) is 3.37. The van der Waals surface area contributed by atoms with E-state index in [9.17, 15) is 0 Å². The van der Waals surface area contributed by atoms with E-state index in [0.717, 1.165) is 12.3 Å². The van der Waals surface area contributed by atoms with E-state index in [1.54, 1.807) is 0 Å². The van der Waals surface area contributed by atoms with E-state index in [1.807, 2.05) is 0 Å². The van der Waals surface area contributed by atoms with E-state index >= 15 is 0 Å². The Morgan fingerprint density at radius 3 is 2.25 bits per heavy atom. The van der Waals surface area contributed by atoms with Gasteiger partial charge in [0.2, 0.25) is 0 Å². The molecular weight excluding hydrogens is 148 g/mol. The van der Waals surface area contributed by atoms with Crippen molar-refractivity contribution in [3.8, 4) is 0 Å². The normalized spacial score (nSPS) is 13.2. The van der Waals surface area contributed by atoms with E-state index in [4.69, 9.17) is 5.11 Å². The Hall–Kier alpha value is -0.0400. The molecule has 0 bridgehead atoms. The fourth-order valence-electron chi connectivity index (χ4n) is 1.59. The summed E-state index contributed by atoms with van der Waals surface area (Å²) in [5, 5.41) is 8.77. The largest absolute Gasteiger partial charge is 0.396 e. The van der Waals surface area contributed by atoms with Crippen molar-refractivity contribution in [2.24, 2.45) is 5.92 Å². The molecule has 0 aliphatic carbocycles. The molecule has 0 amide bonds. The number of unbranched alkanes of at least 4 members (excludes halogenated alkanes) is 3. The molecule has 1 nitrogen and oxygen atoms in total. The Labute approximate surface area is 77.2 Å². The van der Waals surface area contributed by atoms with Crippen molar-refractivity contribution < 1.29 is 5.11 Å². The molecule has 0 radical (unpaired) electrons. The van der Waals surface area contributed by atoms with Crippen LogP contribution in [0.2, 0.25) is 0 Å². The van der Waals surface area contributed by atoms with Crippen LogP contribution in [0.25, 0.3) is 0 Å². The zero-order valence-electron chi connectivity index (χ0n) is 8.68. The van der Waals surface area contributed by atoms with Gasteiger partial charge in [0.25, 0.3) is 0 Å². The smallest absolute Gasteiger partial charge is 0.0433 e. The van der Waals surface area contributed by atoms with E-state index in [2.05, 4.69) is 13.8 Å². The van der Waals surface area contributed by atoms with E-state index in [-0.39, 0.29) is 0 Å². The highest BCUT2D eigenvalue weighted by molar-refractivity contribution is 4.56. The van der Waals surface area contributed by atoms with E-state index in [0.29, 0.717) is 6.61 Å². The summed E-state index contributed by atoms with van der Waals surface area (Å²) in [7, 11) is 0. The molecular formula is C11H24O. The molecule has 0 aromatic carbocycles. The molecule has 0 heterocycles. The zero-order valence-corrected chi connectivity index (χ0v) is 8.68. The highest BCUT2D eigenvalue weighted by Crippen LogP contribution is 2.16. The van der Waals surface area contributed by atoms with Crippen LogP contribution in [0, 0.1) is 5.92 Å². The molecule has 0 aromatic rings. The zero-order chi connectivity index (χ0) is 9.23. The first-order valence-electron chi connectivity index (χ1n) is 5.46. The van der Waals surface area contributed by atoms with Gasteiger partial charge in [0.1, 0.15) is 0 Å². The lowest BCUT2D eigenvalue weighted by Crippen LogP contribution is -2.01. The third-order valence-corrected chi connectivity index (χ3v) is 2.58. The van der Waals surface area contributed by atoms with E-state index in [1.165, 1.54) is 38.5 Å². The van der Waals surface area contributed by atoms with Gasteiger partial charge >= 0.3 is 0 Å². The van der Waals surface area contributed by atoms with Gasteiger partial charge < -0.3 is 5.11 Å². The summed E-state index contributed by atoms with van der Waals surface area (Å²) in [5.74, 6) is 0.770. The van der Waals surface area contributed by atoms with Crippen molar-refractivity contribution in [3.63, 3.8) is 0 Å². The number of aliphatic hydroxyl groups excluding tert-OH is 1. The van der Waals surface area contributed by atoms with Crippen LogP contribution in [-0.2, 0) is 0 Å². The molecule has 0 aliphatic heterocycles. The van der Waals surface area contributed by atoms with E-state index < -0.39 is 0 Å². The maximum absolute atomic E-state index is 8.77. The fraction of sp³-hybridized carbons (Fsp3) is 1.00. The van der Waals surface area contributed by atoms with Crippen LogP contribution in [0.1, 0.15) is 58.8 Å². The maximum atomic E-state index is 8.77. The quantitative estimate of drug-likeness (QED) is 0.557. The predicted molar refractivity (Wildman–Crippen MR) is 54.2 cm³/mol. The standard InChI is InChI=1S/C11H24O/c1-3-5-6-7-8-11(4-2)9-10-12/h11-12H,3-10H2,1-2H3/t11-/m1/s1. The fourth-order valence-corrected chi connectivity index (χ4v) is 1.59. The molecule has 1 N–H and O–H groups in total. The Kier molecular flexibility index (Phi) is 9.02. The summed E-state index contributed by atoms with van der Waals surface area (Å²) < 4.78 is 0. The van der Waals surface area contributed by atoms with Gasteiger partial charge in [-0.05, 0) is 12.3 Å². The van der Waals surface area contributed by atoms with Crippen molar-refractivity contribution >= 4 is 0 Å². The van der Waals surface area contributed by atoms with Crippen LogP contribution < -0.4 is 0 Å². The van der Waals surface area contributed by atoms with Gasteiger partial charge in [0.05, 0.1) is 0 Å². The second-order valence-electron chi connectivity index (χ2n) is 3.64. The molecule has 0 fully saturated rings. The minimum atomic E-state index is 0.367. The maximum Gasteiger partial charge on any atom is 0.0433 e. The van der Waals surface area contributed by atoms with Crippen LogP contribution in [0.3, 0.4) is 0 Å². The van der Waals surface area contributed by atoms with Crippen LogP contribution >= 0.6 is 0 Å². The Balaban J connectivity index is 3.19. The lowest BCUT2D eigenvalue weighted by molar-refractivity contribution is 0.247. The molecule has 0 aliphatic rings. The van der Waals surface area contributed by atoms with Crippen molar-refractivity contribution in [1.29, 1.82) is 0 Å². The first kappa shape index (κ1) is 12.0. The molecule has 0 saturated carbocycles. The lowest BCUT2D eigenvalue weighted by Gasteiger charge is -2.12. The van der Waals surface area contributed by atoms with Crippen molar-refractivity contribution in [2.75, 3.05) is 6.61 Å².